The number of ether oxygens (including phenoxy) is 2. The average Bonchev–Trinajstić information content (AvgIpc) is 2.28. The van der Waals surface area contributed by atoms with E-state index in [0.717, 1.165) is 21.5 Å². The van der Waals surface area contributed by atoms with Crippen molar-refractivity contribution in [2.45, 2.75) is 6.54 Å². The van der Waals surface area contributed by atoms with Gasteiger partial charge in [0.05, 0.1) is 11.0 Å². The second-order valence-corrected chi connectivity index (χ2v) is 4.53. The second-order valence-electron chi connectivity index (χ2n) is 3.67. The lowest BCUT2D eigenvalue weighted by atomic mass is 10.2. The number of rotatable bonds is 4. The van der Waals surface area contributed by atoms with E-state index in [0.29, 0.717) is 19.8 Å². The van der Waals surface area contributed by atoms with Gasteiger partial charge in [-0.05, 0) is 33.6 Å². The van der Waals surface area contributed by atoms with Crippen molar-refractivity contribution < 1.29 is 14.3 Å². The van der Waals surface area contributed by atoms with Gasteiger partial charge in [0.1, 0.15) is 13.2 Å². The summed E-state index contributed by atoms with van der Waals surface area (Å²) in [5, 5.41) is 2.94. The van der Waals surface area contributed by atoms with E-state index in [-0.39, 0.29) is 12.5 Å². The van der Waals surface area contributed by atoms with E-state index in [2.05, 4.69) is 21.2 Å². The van der Waals surface area contributed by atoms with Gasteiger partial charge in [0.2, 0.25) is 5.91 Å². The first kappa shape index (κ1) is 12.2. The molecule has 17 heavy (non-hydrogen) atoms. The molecule has 1 aromatic rings. The largest absolute Gasteiger partial charge is 0.486 e. The minimum Gasteiger partial charge on any atom is -0.486 e. The van der Waals surface area contributed by atoms with Crippen LogP contribution in [0.15, 0.2) is 16.6 Å². The molecule has 92 valence electrons. The van der Waals surface area contributed by atoms with Gasteiger partial charge in [-0.1, -0.05) is 0 Å². The third-order valence-electron chi connectivity index (χ3n) is 2.28. The number of halogens is 1. The van der Waals surface area contributed by atoms with E-state index in [9.17, 15) is 4.79 Å². The van der Waals surface area contributed by atoms with Gasteiger partial charge in [-0.2, -0.15) is 0 Å². The molecule has 6 heteroatoms. The molecule has 0 aliphatic carbocycles. The van der Waals surface area contributed by atoms with Crippen LogP contribution < -0.4 is 20.5 Å². The van der Waals surface area contributed by atoms with E-state index in [1.807, 2.05) is 12.1 Å². The average molecular weight is 301 g/mol. The number of amides is 1. The predicted octanol–water partition coefficient (Wildman–Crippen LogP) is 0.795. The Morgan fingerprint density at radius 1 is 1.41 bits per heavy atom. The maximum Gasteiger partial charge on any atom is 0.231 e. The fraction of sp³-hybridized carbons (Fsp3) is 0.364. The van der Waals surface area contributed by atoms with Gasteiger partial charge >= 0.3 is 0 Å². The second kappa shape index (κ2) is 5.37. The number of nitrogens with two attached hydrogens (primary N) is 1. The first-order valence-electron chi connectivity index (χ1n) is 5.24. The number of fused-ring (bicyclic) bond motifs is 1. The summed E-state index contributed by atoms with van der Waals surface area (Å²) in [5.74, 6) is 1.08. The normalized spacial score (nSPS) is 13.5. The zero-order valence-electron chi connectivity index (χ0n) is 9.16. The molecule has 0 bridgehead atoms. The van der Waals surface area contributed by atoms with Gasteiger partial charge in [-0.25, -0.2) is 0 Å². The van der Waals surface area contributed by atoms with E-state index < -0.39 is 0 Å². The number of hydrogen-bond acceptors (Lipinski definition) is 4. The van der Waals surface area contributed by atoms with Gasteiger partial charge in [0.25, 0.3) is 0 Å². The smallest absolute Gasteiger partial charge is 0.231 e. The molecule has 1 aromatic carbocycles. The Balaban J connectivity index is 2.08. The molecule has 0 spiro atoms. The first-order valence-corrected chi connectivity index (χ1v) is 6.03. The van der Waals surface area contributed by atoms with E-state index in [1.165, 1.54) is 0 Å². The highest BCUT2D eigenvalue weighted by atomic mass is 79.9. The summed E-state index contributed by atoms with van der Waals surface area (Å²) >= 11 is 3.43. The Morgan fingerprint density at radius 3 is 2.94 bits per heavy atom. The van der Waals surface area contributed by atoms with Crippen molar-refractivity contribution >= 4 is 21.8 Å². The molecule has 1 amide bonds. The van der Waals surface area contributed by atoms with Gasteiger partial charge in [-0.3, -0.25) is 4.79 Å². The molecule has 0 saturated carbocycles. The van der Waals surface area contributed by atoms with Crippen LogP contribution in [0.4, 0.5) is 0 Å². The molecular formula is C11H13BrN2O3. The fourth-order valence-corrected chi connectivity index (χ4v) is 2.20. The lowest BCUT2D eigenvalue weighted by molar-refractivity contribution is -0.117. The molecule has 0 saturated heterocycles. The van der Waals surface area contributed by atoms with Crippen molar-refractivity contribution in [3.63, 3.8) is 0 Å². The van der Waals surface area contributed by atoms with Crippen LogP contribution in [-0.2, 0) is 11.3 Å². The SMILES string of the molecule is NC(=O)CNCc1cc(Br)c2c(c1)OCCO2. The third kappa shape index (κ3) is 3.10. The molecular weight excluding hydrogens is 288 g/mol. The number of carbonyl (C=O) groups excluding carboxylic acids is 1. The topological polar surface area (TPSA) is 73.6 Å². The fourth-order valence-electron chi connectivity index (χ4n) is 1.60. The van der Waals surface area contributed by atoms with E-state index >= 15 is 0 Å². The highest BCUT2D eigenvalue weighted by molar-refractivity contribution is 9.10. The van der Waals surface area contributed by atoms with Crippen LogP contribution in [0.25, 0.3) is 0 Å². The maximum absolute atomic E-state index is 10.6. The van der Waals surface area contributed by atoms with Crippen molar-refractivity contribution in [3.8, 4) is 11.5 Å². The maximum atomic E-state index is 10.6. The number of nitrogens with one attached hydrogen (secondary N) is 1. The van der Waals surface area contributed by atoms with Crippen LogP contribution in [-0.4, -0.2) is 25.7 Å². The molecule has 3 N–H and O–H groups in total. The summed E-state index contributed by atoms with van der Waals surface area (Å²) in [6, 6.07) is 3.83. The summed E-state index contributed by atoms with van der Waals surface area (Å²) in [5.41, 5.74) is 6.04. The van der Waals surface area contributed by atoms with E-state index in [4.69, 9.17) is 15.2 Å². The Morgan fingerprint density at radius 2 is 2.18 bits per heavy atom. The third-order valence-corrected chi connectivity index (χ3v) is 2.87. The molecule has 1 heterocycles. The van der Waals surface area contributed by atoms with Crippen molar-refractivity contribution in [1.82, 2.24) is 5.32 Å². The number of primary amides is 1. The Kier molecular flexibility index (Phi) is 3.86. The van der Waals surface area contributed by atoms with E-state index in [1.54, 1.807) is 0 Å². The van der Waals surface area contributed by atoms with Crippen LogP contribution >= 0.6 is 15.9 Å². The van der Waals surface area contributed by atoms with Crippen LogP contribution in [0.3, 0.4) is 0 Å². The van der Waals surface area contributed by atoms with Crippen LogP contribution in [0, 0.1) is 0 Å². The molecule has 0 atom stereocenters. The monoisotopic (exact) mass is 300 g/mol. The lowest BCUT2D eigenvalue weighted by Gasteiger charge is -2.20. The summed E-state index contributed by atoms with van der Waals surface area (Å²) in [6.07, 6.45) is 0. The summed E-state index contributed by atoms with van der Waals surface area (Å²) < 4.78 is 11.8. The van der Waals surface area contributed by atoms with Crippen molar-refractivity contribution in [3.05, 3.63) is 22.2 Å². The predicted molar refractivity (Wildman–Crippen MR) is 66.0 cm³/mol. The lowest BCUT2D eigenvalue weighted by Crippen LogP contribution is -2.28. The zero-order chi connectivity index (χ0) is 12.3. The molecule has 0 unspecified atom stereocenters. The van der Waals surface area contributed by atoms with Gasteiger partial charge in [0.15, 0.2) is 11.5 Å². The molecule has 0 radical (unpaired) electrons. The van der Waals surface area contributed by atoms with Crippen molar-refractivity contribution in [1.29, 1.82) is 0 Å². The quantitative estimate of drug-likeness (QED) is 0.862. The zero-order valence-corrected chi connectivity index (χ0v) is 10.7. The summed E-state index contributed by atoms with van der Waals surface area (Å²) in [7, 11) is 0. The minimum absolute atomic E-state index is 0.159. The van der Waals surface area contributed by atoms with Crippen LogP contribution in [0.2, 0.25) is 0 Å². The van der Waals surface area contributed by atoms with Crippen LogP contribution in [0.5, 0.6) is 11.5 Å². The highest BCUT2D eigenvalue weighted by Crippen LogP contribution is 2.38. The van der Waals surface area contributed by atoms with Gasteiger partial charge in [-0.15, -0.1) is 0 Å². The first-order chi connectivity index (χ1) is 8.16. The molecule has 2 rings (SSSR count). The molecule has 0 fully saturated rings. The molecule has 1 aliphatic rings. The Labute approximate surface area is 107 Å². The number of carbonyl (C=O) groups is 1. The summed E-state index contributed by atoms with van der Waals surface area (Å²) in [4.78, 5) is 10.6. The molecule has 1 aliphatic heterocycles. The number of hydrogen-bond donors (Lipinski definition) is 2. The van der Waals surface area contributed by atoms with Gasteiger partial charge in [0, 0.05) is 6.54 Å². The number of benzene rings is 1. The Hall–Kier alpha value is -1.27. The van der Waals surface area contributed by atoms with Crippen molar-refractivity contribution in [2.24, 2.45) is 5.73 Å². The standard InChI is InChI=1S/C11H13BrN2O3/c12-8-3-7(5-14-6-10(13)15)4-9-11(8)17-2-1-16-9/h3-4,14H,1-2,5-6H2,(H2,13,15). The van der Waals surface area contributed by atoms with Crippen molar-refractivity contribution in [2.75, 3.05) is 19.8 Å². The highest BCUT2D eigenvalue weighted by Gasteiger charge is 2.16. The minimum atomic E-state index is -0.374. The molecule has 5 nitrogen and oxygen atoms in total. The molecule has 0 aromatic heterocycles. The summed E-state index contributed by atoms with van der Waals surface area (Å²) in [6.45, 7) is 1.83. The Bertz CT molecular complexity index is 437. The van der Waals surface area contributed by atoms with Crippen LogP contribution in [0.1, 0.15) is 5.56 Å². The van der Waals surface area contributed by atoms with Gasteiger partial charge < -0.3 is 20.5 Å².